The van der Waals surface area contributed by atoms with Crippen molar-refractivity contribution in [3.05, 3.63) is 213 Å². The van der Waals surface area contributed by atoms with E-state index in [1.807, 2.05) is 0 Å². The van der Waals surface area contributed by atoms with Crippen LogP contribution in [0.25, 0.3) is 121 Å². The highest BCUT2D eigenvalue weighted by Gasteiger charge is 2.45. The molecule has 0 amide bonds. The smallest absolute Gasteiger partial charge is 0.0657 e. The first-order valence-corrected chi connectivity index (χ1v) is 25.8. The molecular formula is C64H34B2I2. The summed E-state index contributed by atoms with van der Waals surface area (Å²) in [5.41, 5.74) is 29.6. The second-order valence-electron chi connectivity index (χ2n) is 19.2. The van der Waals surface area contributed by atoms with Crippen LogP contribution >= 0.6 is 45.2 Å². The Hall–Kier alpha value is -6.73. The van der Waals surface area contributed by atoms with Crippen molar-refractivity contribution in [2.24, 2.45) is 0 Å². The van der Waals surface area contributed by atoms with Crippen LogP contribution in [0.4, 0.5) is 0 Å². The van der Waals surface area contributed by atoms with Gasteiger partial charge in [-0.3, -0.25) is 0 Å². The van der Waals surface area contributed by atoms with Gasteiger partial charge in [0, 0.05) is 7.14 Å². The molecule has 0 spiro atoms. The molecule has 0 saturated carbocycles. The van der Waals surface area contributed by atoms with E-state index in [1.54, 1.807) is 0 Å². The molecule has 4 heterocycles. The Morgan fingerprint density at radius 3 is 0.971 bits per heavy atom. The average molecular weight is 1080 g/mol. The third-order valence-corrected chi connectivity index (χ3v) is 17.2. The van der Waals surface area contributed by atoms with E-state index >= 15 is 0 Å². The molecule has 0 unspecified atom stereocenters. The number of fused-ring (bicyclic) bond motifs is 10. The van der Waals surface area contributed by atoms with Crippen LogP contribution in [0.1, 0.15) is 0 Å². The first-order valence-electron chi connectivity index (χ1n) is 23.6. The Balaban J connectivity index is 1.08. The van der Waals surface area contributed by atoms with Gasteiger partial charge in [0.1, 0.15) is 0 Å². The van der Waals surface area contributed by atoms with Crippen LogP contribution in [0, 0.1) is 7.14 Å². The summed E-state index contributed by atoms with van der Waals surface area (Å²) in [5.74, 6) is 0. The molecule has 0 aromatic heterocycles. The molecular weight excluding hydrogens is 1040 g/mol. The number of rotatable bonds is 4. The van der Waals surface area contributed by atoms with Crippen molar-refractivity contribution in [1.82, 2.24) is 0 Å². The first kappa shape index (κ1) is 38.3. The minimum Gasteiger partial charge on any atom is -0.0657 e. The standard InChI is InChI=1S/C64H34B2I2/c67-41-27-51-45-25-39(35-13-5-1-6-14-35)21-23-55(45)65-57-33-49-44(38-19-11-4-12-20-38)32-48-54-30-42(68)28-52-46-26-40(36-15-7-2-8-16-36)22-24-56(46)66(64(52)54)58-34-50-43(37-17-9-3-10-18-37)31-47(53(29-41)63(51)65)59(57)61(50)62(49)60(48)58/h1-34H. The lowest BCUT2D eigenvalue weighted by Crippen LogP contribution is -2.53. The van der Waals surface area contributed by atoms with Gasteiger partial charge in [-0.25, -0.2) is 0 Å². The van der Waals surface area contributed by atoms with Gasteiger partial charge in [0.2, 0.25) is 13.4 Å². The second-order valence-corrected chi connectivity index (χ2v) is 21.7. The Bertz CT molecular complexity index is 3930. The van der Waals surface area contributed by atoms with Gasteiger partial charge in [-0.2, -0.15) is 0 Å². The van der Waals surface area contributed by atoms with Gasteiger partial charge < -0.3 is 0 Å². The summed E-state index contributed by atoms with van der Waals surface area (Å²) in [5, 5.41) is 8.31. The van der Waals surface area contributed by atoms with Crippen molar-refractivity contribution in [2.75, 3.05) is 0 Å². The highest BCUT2D eigenvalue weighted by Crippen LogP contribution is 2.51. The van der Waals surface area contributed by atoms with E-state index in [1.165, 1.54) is 161 Å². The van der Waals surface area contributed by atoms with Crippen molar-refractivity contribution < 1.29 is 0 Å². The Morgan fingerprint density at radius 2 is 0.588 bits per heavy atom. The molecule has 0 atom stereocenters. The lowest BCUT2D eigenvalue weighted by atomic mass is 9.34. The molecule has 0 bridgehead atoms. The summed E-state index contributed by atoms with van der Waals surface area (Å²) in [6.07, 6.45) is 0. The van der Waals surface area contributed by atoms with E-state index in [4.69, 9.17) is 0 Å². The van der Waals surface area contributed by atoms with Crippen LogP contribution in [0.15, 0.2) is 206 Å². The molecule has 12 aromatic carbocycles. The number of halogens is 2. The van der Waals surface area contributed by atoms with Crippen LogP contribution < -0.4 is 32.8 Å². The molecule has 4 heteroatoms. The highest BCUT2D eigenvalue weighted by molar-refractivity contribution is 14.1. The number of hydrogen-bond donors (Lipinski definition) is 0. The zero-order valence-electron chi connectivity index (χ0n) is 36.5. The fraction of sp³-hybridized carbons (Fsp3) is 0. The predicted molar refractivity (Wildman–Crippen MR) is 308 cm³/mol. The maximum atomic E-state index is 2.65. The maximum absolute atomic E-state index is 2.65. The van der Waals surface area contributed by atoms with E-state index in [2.05, 4.69) is 251 Å². The van der Waals surface area contributed by atoms with E-state index < -0.39 is 0 Å². The maximum Gasteiger partial charge on any atom is 0.244 e. The largest absolute Gasteiger partial charge is 0.244 e. The third kappa shape index (κ3) is 5.07. The SMILES string of the molecule is Ic1cc2c3c(c1)-c1cc(-c4ccccc4)c4cc5c6c(cc(-c7ccccc7)c7cc(c1c4c76)B3c1ccc(-c3ccccc3)cc1-2)-c1cc(I)cc2c1B5c1ccc(-c3ccccc3)cc1-2. The number of benzene rings is 12. The van der Waals surface area contributed by atoms with Crippen molar-refractivity contribution in [3.8, 4) is 89.0 Å². The van der Waals surface area contributed by atoms with Gasteiger partial charge >= 0.3 is 0 Å². The topological polar surface area (TPSA) is 0 Å². The van der Waals surface area contributed by atoms with E-state index in [9.17, 15) is 0 Å². The van der Waals surface area contributed by atoms with E-state index in [0.717, 1.165) is 0 Å². The van der Waals surface area contributed by atoms with E-state index in [0.29, 0.717) is 0 Å². The quantitative estimate of drug-likeness (QED) is 0.0936. The summed E-state index contributed by atoms with van der Waals surface area (Å²) < 4.78 is 2.54. The zero-order chi connectivity index (χ0) is 44.5. The molecule has 0 N–H and O–H groups in total. The Morgan fingerprint density at radius 1 is 0.235 bits per heavy atom. The summed E-state index contributed by atoms with van der Waals surface area (Å²) >= 11 is 5.15. The van der Waals surface area contributed by atoms with Gasteiger partial charge in [-0.15, -0.1) is 0 Å². The first-order chi connectivity index (χ1) is 33.6. The average Bonchev–Trinajstić information content (AvgIpc) is 3.89. The fourth-order valence-corrected chi connectivity index (χ4v) is 14.5. The molecule has 310 valence electrons. The van der Waals surface area contributed by atoms with Crippen LogP contribution in [-0.2, 0) is 0 Å². The molecule has 4 aliphatic heterocycles. The fourth-order valence-electron chi connectivity index (χ4n) is 13.3. The third-order valence-electron chi connectivity index (χ3n) is 15.9. The summed E-state index contributed by atoms with van der Waals surface area (Å²) in [7, 11) is 0. The molecule has 0 saturated heterocycles. The van der Waals surface area contributed by atoms with Crippen molar-refractivity contribution >= 4 is 124 Å². The predicted octanol–water partition coefficient (Wildman–Crippen LogP) is 13.4. The van der Waals surface area contributed by atoms with Crippen LogP contribution in [0.5, 0.6) is 0 Å². The molecule has 12 aromatic rings. The molecule has 68 heavy (non-hydrogen) atoms. The van der Waals surface area contributed by atoms with Gasteiger partial charge in [-0.05, 0) is 215 Å². The summed E-state index contributed by atoms with van der Waals surface area (Å²) in [6.45, 7) is 0.221. The van der Waals surface area contributed by atoms with Crippen molar-refractivity contribution in [3.63, 3.8) is 0 Å². The summed E-state index contributed by atoms with van der Waals surface area (Å²) in [6, 6.07) is 79.1. The molecule has 0 aliphatic carbocycles. The van der Waals surface area contributed by atoms with Gasteiger partial charge in [-0.1, -0.05) is 191 Å². The molecule has 0 radical (unpaired) electrons. The monoisotopic (exact) mass is 1080 g/mol. The normalized spacial score (nSPS) is 13.1. The Labute approximate surface area is 422 Å². The van der Waals surface area contributed by atoms with Gasteiger partial charge in [0.15, 0.2) is 0 Å². The van der Waals surface area contributed by atoms with E-state index in [-0.39, 0.29) is 13.4 Å². The van der Waals surface area contributed by atoms with Crippen LogP contribution in [0.2, 0.25) is 0 Å². The molecule has 0 fully saturated rings. The van der Waals surface area contributed by atoms with Crippen LogP contribution in [0.3, 0.4) is 0 Å². The van der Waals surface area contributed by atoms with Gasteiger partial charge in [0.25, 0.3) is 0 Å². The van der Waals surface area contributed by atoms with Gasteiger partial charge in [0.05, 0.1) is 0 Å². The number of hydrogen-bond acceptors (Lipinski definition) is 0. The molecule has 0 nitrogen and oxygen atoms in total. The van der Waals surface area contributed by atoms with Crippen LogP contribution in [-0.4, -0.2) is 13.4 Å². The molecule has 4 aliphatic rings. The molecule has 16 rings (SSSR count). The van der Waals surface area contributed by atoms with Crippen molar-refractivity contribution in [1.29, 1.82) is 0 Å². The minimum atomic E-state index is 0.111. The lowest BCUT2D eigenvalue weighted by molar-refractivity contribution is 1.61. The Kier molecular flexibility index (Phi) is 7.84. The van der Waals surface area contributed by atoms with Crippen molar-refractivity contribution in [2.45, 2.75) is 0 Å². The lowest BCUT2D eigenvalue weighted by Gasteiger charge is -2.33. The highest BCUT2D eigenvalue weighted by atomic mass is 127. The summed E-state index contributed by atoms with van der Waals surface area (Å²) in [4.78, 5) is 0. The minimum absolute atomic E-state index is 0.111. The second kappa shape index (κ2) is 13.9. The zero-order valence-corrected chi connectivity index (χ0v) is 40.9.